The van der Waals surface area contributed by atoms with Crippen LogP contribution in [0.5, 0.6) is 0 Å². The Labute approximate surface area is 354 Å². The van der Waals surface area contributed by atoms with Crippen molar-refractivity contribution in [2.75, 3.05) is 0 Å². The average molecular weight is 784 g/mol. The van der Waals surface area contributed by atoms with E-state index in [4.69, 9.17) is 4.99 Å². The number of nitrogens with one attached hydrogen (secondary N) is 1. The van der Waals surface area contributed by atoms with Crippen LogP contribution in [-0.2, 0) is 5.41 Å². The third-order valence-electron chi connectivity index (χ3n) is 12.0. The molecule has 0 atom stereocenters. The highest BCUT2D eigenvalue weighted by Gasteiger charge is 2.51. The van der Waals surface area contributed by atoms with Gasteiger partial charge in [0, 0.05) is 39.3 Å². The number of aliphatic imine (C=N–C) groups is 1. The van der Waals surface area contributed by atoms with Crippen LogP contribution in [0, 0.1) is 5.41 Å². The van der Waals surface area contributed by atoms with Gasteiger partial charge in [0.05, 0.1) is 16.8 Å². The van der Waals surface area contributed by atoms with Crippen molar-refractivity contribution in [3.05, 3.63) is 252 Å². The number of benzene rings is 8. The van der Waals surface area contributed by atoms with E-state index in [0.717, 1.165) is 33.3 Å². The zero-order valence-electron chi connectivity index (χ0n) is 32.6. The lowest BCUT2D eigenvalue weighted by Crippen LogP contribution is -2.32. The molecule has 0 bridgehead atoms. The molecule has 4 heteroatoms. The molecule has 1 aliphatic carbocycles. The first kappa shape index (κ1) is 35.7. The lowest BCUT2D eigenvalue weighted by atomic mass is 9.66. The second-order valence-corrected chi connectivity index (χ2v) is 16.3. The molecule has 2 aliphatic rings. The van der Waals surface area contributed by atoms with Crippen LogP contribution < -0.4 is 0 Å². The highest BCUT2D eigenvalue weighted by molar-refractivity contribution is 7.99. The monoisotopic (exact) mass is 783 g/mol. The molecule has 1 spiro atoms. The number of fused-ring (bicyclic) bond motifs is 10. The number of pyridine rings is 1. The summed E-state index contributed by atoms with van der Waals surface area (Å²) in [5.41, 5.74) is 15.8. The topological polar surface area (TPSA) is 49.1 Å². The van der Waals surface area contributed by atoms with Crippen LogP contribution in [0.25, 0.3) is 49.9 Å². The molecule has 1 N–H and O–H groups in total. The molecule has 3 nitrogen and oxygen atoms in total. The smallest absolute Gasteiger partial charge is 0.0735 e. The maximum atomic E-state index is 9.25. The molecule has 2 heterocycles. The van der Waals surface area contributed by atoms with Crippen molar-refractivity contribution in [1.29, 1.82) is 5.41 Å². The number of allylic oxidation sites excluding steroid dienone is 1. The van der Waals surface area contributed by atoms with Crippen LogP contribution in [0.3, 0.4) is 0 Å². The average Bonchev–Trinajstić information content (AvgIpc) is 3.61. The van der Waals surface area contributed by atoms with E-state index in [-0.39, 0.29) is 0 Å². The largest absolute Gasteiger partial charge is 0.300 e. The van der Waals surface area contributed by atoms with Gasteiger partial charge in [-0.3, -0.25) is 9.98 Å². The minimum atomic E-state index is -0.529. The predicted octanol–water partition coefficient (Wildman–Crippen LogP) is 13.9. The van der Waals surface area contributed by atoms with Crippen molar-refractivity contribution >= 4 is 40.2 Å². The first-order valence-electron chi connectivity index (χ1n) is 20.2. The highest BCUT2D eigenvalue weighted by atomic mass is 32.2. The third kappa shape index (κ3) is 5.79. The molecular formula is C56H37N3S. The lowest BCUT2D eigenvalue weighted by Gasteiger charge is -2.41. The van der Waals surface area contributed by atoms with Crippen LogP contribution in [-0.4, -0.2) is 16.9 Å². The summed E-state index contributed by atoms with van der Waals surface area (Å²) in [6, 6.07) is 68.9. The normalized spacial score (nSPS) is 13.5. The zero-order valence-corrected chi connectivity index (χ0v) is 33.4. The van der Waals surface area contributed by atoms with Gasteiger partial charge < -0.3 is 5.41 Å². The fourth-order valence-electron chi connectivity index (χ4n) is 9.27. The molecule has 11 rings (SSSR count). The third-order valence-corrected chi connectivity index (χ3v) is 13.3. The first-order valence-corrected chi connectivity index (χ1v) is 21.0. The van der Waals surface area contributed by atoms with Crippen LogP contribution in [0.1, 0.15) is 38.9 Å². The van der Waals surface area contributed by atoms with Crippen LogP contribution in [0.2, 0.25) is 0 Å². The molecule has 60 heavy (non-hydrogen) atoms. The molecule has 0 fully saturated rings. The lowest BCUT2D eigenvalue weighted by molar-refractivity contribution is 0.724. The molecule has 8 aromatic carbocycles. The van der Waals surface area contributed by atoms with Crippen molar-refractivity contribution in [2.24, 2.45) is 4.99 Å². The Kier molecular flexibility index (Phi) is 8.79. The fourth-order valence-corrected chi connectivity index (χ4v) is 10.7. The molecule has 9 aromatic rings. The quantitative estimate of drug-likeness (QED) is 0.164. The first-order chi connectivity index (χ1) is 29.7. The Hall–Kier alpha value is -7.40. The van der Waals surface area contributed by atoms with Crippen molar-refractivity contribution in [1.82, 2.24) is 4.98 Å². The molecular weight excluding hydrogens is 747 g/mol. The van der Waals surface area contributed by atoms with Gasteiger partial charge in [0.15, 0.2) is 0 Å². The summed E-state index contributed by atoms with van der Waals surface area (Å²) in [4.78, 5) is 11.9. The molecule has 0 radical (unpaired) electrons. The van der Waals surface area contributed by atoms with E-state index < -0.39 is 5.41 Å². The standard InChI is InChI=1S/C56H37N3S/c57-52(34-53(41-16-5-2-6-17-41)59-35-37-14-3-1-4-15-37)40-30-28-39(29-31-40)42-21-12-26-50-54(42)60-55-46(43-22-11-18-38-32-33-58-36-47(38)43)23-13-27-51(55)56(50)48-24-9-7-19-44(48)45-20-8-10-25-49(45)56/h1-36,57H/b53-34-,57-52?,59-35?. The van der Waals surface area contributed by atoms with Gasteiger partial charge in [-0.2, -0.15) is 0 Å². The highest BCUT2D eigenvalue weighted by Crippen LogP contribution is 2.64. The summed E-state index contributed by atoms with van der Waals surface area (Å²) in [5, 5.41) is 11.6. The second-order valence-electron chi connectivity index (χ2n) is 15.3. The van der Waals surface area contributed by atoms with Gasteiger partial charge in [0.2, 0.25) is 0 Å². The maximum Gasteiger partial charge on any atom is 0.0735 e. The Balaban J connectivity index is 1.07. The Morgan fingerprint density at radius 3 is 1.78 bits per heavy atom. The van der Waals surface area contributed by atoms with Gasteiger partial charge >= 0.3 is 0 Å². The maximum absolute atomic E-state index is 9.25. The number of rotatable bonds is 7. The molecule has 0 saturated heterocycles. The molecule has 0 amide bonds. The molecule has 1 aromatic heterocycles. The summed E-state index contributed by atoms with van der Waals surface area (Å²) >= 11 is 1.88. The van der Waals surface area contributed by atoms with Gasteiger partial charge in [-0.25, -0.2) is 0 Å². The van der Waals surface area contributed by atoms with Crippen LogP contribution in [0.15, 0.2) is 227 Å². The number of hydrogen-bond acceptors (Lipinski definition) is 4. The summed E-state index contributed by atoms with van der Waals surface area (Å²) in [5.74, 6) is 0. The molecule has 1 aliphatic heterocycles. The summed E-state index contributed by atoms with van der Waals surface area (Å²) < 4.78 is 0. The van der Waals surface area contributed by atoms with Gasteiger partial charge in [0.25, 0.3) is 0 Å². The van der Waals surface area contributed by atoms with E-state index in [0.29, 0.717) is 5.71 Å². The van der Waals surface area contributed by atoms with E-state index in [2.05, 4.69) is 138 Å². The number of aromatic nitrogens is 1. The minimum Gasteiger partial charge on any atom is -0.300 e. The SMILES string of the molecule is N=C(/C=C(\N=Cc1ccccc1)c1ccccc1)c1ccc(-c2cccc3c2Sc2c(-c4cccc5ccncc45)cccc2C32c3ccccc3-c3ccccc32)cc1. The van der Waals surface area contributed by atoms with Crippen molar-refractivity contribution in [3.8, 4) is 33.4 Å². The van der Waals surface area contributed by atoms with Gasteiger partial charge in [-0.1, -0.05) is 200 Å². The van der Waals surface area contributed by atoms with Crippen molar-refractivity contribution < 1.29 is 0 Å². The Bertz CT molecular complexity index is 3130. The summed E-state index contributed by atoms with van der Waals surface area (Å²) in [6.07, 6.45) is 7.60. The van der Waals surface area contributed by atoms with Gasteiger partial charge in [-0.15, -0.1) is 0 Å². The summed E-state index contributed by atoms with van der Waals surface area (Å²) in [7, 11) is 0. The minimum absolute atomic E-state index is 0.399. The number of nitrogens with zero attached hydrogens (tertiary/aromatic N) is 2. The second kappa shape index (κ2) is 14.8. The summed E-state index contributed by atoms with van der Waals surface area (Å²) in [6.45, 7) is 0. The van der Waals surface area contributed by atoms with E-state index in [1.807, 2.05) is 97.1 Å². The van der Waals surface area contributed by atoms with Crippen molar-refractivity contribution in [3.63, 3.8) is 0 Å². The van der Waals surface area contributed by atoms with E-state index in [1.165, 1.54) is 65.2 Å². The van der Waals surface area contributed by atoms with Crippen molar-refractivity contribution in [2.45, 2.75) is 15.2 Å². The van der Waals surface area contributed by atoms with Crippen LogP contribution >= 0.6 is 11.8 Å². The Morgan fingerprint density at radius 2 is 1.07 bits per heavy atom. The molecule has 282 valence electrons. The Morgan fingerprint density at radius 1 is 0.500 bits per heavy atom. The number of hydrogen-bond donors (Lipinski definition) is 1. The van der Waals surface area contributed by atoms with E-state index >= 15 is 0 Å². The van der Waals surface area contributed by atoms with Gasteiger partial charge in [-0.05, 0) is 84.3 Å². The zero-order chi connectivity index (χ0) is 40.0. The van der Waals surface area contributed by atoms with E-state index in [1.54, 1.807) is 0 Å². The van der Waals surface area contributed by atoms with Crippen LogP contribution in [0.4, 0.5) is 0 Å². The fraction of sp³-hybridized carbons (Fsp3) is 0.0179. The molecule has 0 unspecified atom stereocenters. The molecule has 0 saturated carbocycles. The van der Waals surface area contributed by atoms with Gasteiger partial charge in [0.1, 0.15) is 0 Å². The van der Waals surface area contributed by atoms with E-state index in [9.17, 15) is 5.41 Å². The predicted molar refractivity (Wildman–Crippen MR) is 249 cm³/mol.